The van der Waals surface area contributed by atoms with E-state index in [1.165, 1.54) is 48.6 Å². The normalized spacial score (nSPS) is 14.2. The van der Waals surface area contributed by atoms with Gasteiger partial charge in [-0.05, 0) is 67.1 Å². The standard InChI is InChI=1S/C52H37N3Si/c1-36-25-30-42(31-26-36)56(43-32-27-38(28-33-43)37-15-5-2-6-16-37)48-24-14-13-22-45(48)47-35-41(29-34-49(47)56)51-53-50(40-19-9-4-10-20-40)54-52(55-51)46-23-12-11-21-44(46)39-17-7-3-8-18-39/h2-35H,1H3. The minimum absolute atomic E-state index is 0.649. The van der Waals surface area contributed by atoms with Gasteiger partial charge in [0.15, 0.2) is 25.5 Å². The molecule has 9 aromatic rings. The monoisotopic (exact) mass is 731 g/mol. The quantitative estimate of drug-likeness (QED) is 0.153. The molecule has 1 atom stereocenters. The molecule has 2 heterocycles. The number of hydrogen-bond donors (Lipinski definition) is 0. The lowest BCUT2D eigenvalue weighted by molar-refractivity contribution is 1.07. The smallest absolute Gasteiger partial charge is 0.180 e. The summed E-state index contributed by atoms with van der Waals surface area (Å²) in [4.78, 5) is 15.5. The minimum atomic E-state index is -2.72. The molecule has 1 unspecified atom stereocenters. The van der Waals surface area contributed by atoms with Crippen molar-refractivity contribution in [3.05, 3.63) is 212 Å². The van der Waals surface area contributed by atoms with Crippen LogP contribution in [0.2, 0.25) is 0 Å². The van der Waals surface area contributed by atoms with E-state index < -0.39 is 8.07 Å². The molecule has 1 aromatic heterocycles. The van der Waals surface area contributed by atoms with Crippen molar-refractivity contribution >= 4 is 28.8 Å². The topological polar surface area (TPSA) is 38.7 Å². The van der Waals surface area contributed by atoms with Crippen molar-refractivity contribution in [2.45, 2.75) is 6.92 Å². The molecule has 1 aliphatic heterocycles. The van der Waals surface area contributed by atoms with Crippen LogP contribution in [0.4, 0.5) is 0 Å². The summed E-state index contributed by atoms with van der Waals surface area (Å²) in [5, 5.41) is 5.53. The lowest BCUT2D eigenvalue weighted by atomic mass is 9.99. The van der Waals surface area contributed by atoms with E-state index in [1.54, 1.807) is 0 Å². The Morgan fingerprint density at radius 2 is 0.750 bits per heavy atom. The molecule has 3 nitrogen and oxygen atoms in total. The van der Waals surface area contributed by atoms with Crippen molar-refractivity contribution in [3.63, 3.8) is 0 Å². The van der Waals surface area contributed by atoms with Crippen LogP contribution in [0, 0.1) is 6.92 Å². The molecule has 0 fully saturated rings. The summed E-state index contributed by atoms with van der Waals surface area (Å²) in [7, 11) is -2.72. The SMILES string of the molecule is Cc1ccc([Si]2(c3ccc(-c4ccccc4)cc3)c3ccccc3-c3cc(-c4nc(-c5ccccc5)nc(-c5ccccc5-c5ccccc5)n4)ccc32)cc1. The summed E-state index contributed by atoms with van der Waals surface area (Å²) in [5.74, 6) is 1.95. The molecule has 0 saturated carbocycles. The molecule has 0 aliphatic carbocycles. The number of aryl methyl sites for hydroxylation is 1. The first-order valence-electron chi connectivity index (χ1n) is 19.1. The highest BCUT2D eigenvalue weighted by Gasteiger charge is 2.48. The van der Waals surface area contributed by atoms with Gasteiger partial charge in [0, 0.05) is 16.7 Å². The molecule has 8 aromatic carbocycles. The zero-order valence-corrected chi connectivity index (χ0v) is 32.0. The zero-order valence-electron chi connectivity index (χ0n) is 31.0. The van der Waals surface area contributed by atoms with Gasteiger partial charge in [-0.1, -0.05) is 206 Å². The molecule has 0 spiro atoms. The van der Waals surface area contributed by atoms with Crippen LogP contribution in [0.25, 0.3) is 67.5 Å². The van der Waals surface area contributed by atoms with E-state index in [1.807, 2.05) is 24.3 Å². The van der Waals surface area contributed by atoms with E-state index in [2.05, 4.69) is 189 Å². The highest BCUT2D eigenvalue weighted by atomic mass is 28.3. The highest BCUT2D eigenvalue weighted by Crippen LogP contribution is 2.35. The maximum Gasteiger partial charge on any atom is 0.180 e. The van der Waals surface area contributed by atoms with Crippen molar-refractivity contribution in [2.75, 3.05) is 0 Å². The Labute approximate surface area is 328 Å². The third-order valence-electron chi connectivity index (χ3n) is 11.1. The van der Waals surface area contributed by atoms with E-state index in [0.29, 0.717) is 17.5 Å². The van der Waals surface area contributed by atoms with E-state index in [0.717, 1.165) is 27.8 Å². The first-order valence-corrected chi connectivity index (χ1v) is 21.1. The van der Waals surface area contributed by atoms with Gasteiger partial charge >= 0.3 is 0 Å². The van der Waals surface area contributed by atoms with Crippen LogP contribution in [-0.4, -0.2) is 23.0 Å². The molecular formula is C52H37N3Si. The van der Waals surface area contributed by atoms with Crippen LogP contribution >= 0.6 is 0 Å². The fraction of sp³-hybridized carbons (Fsp3) is 0.0192. The summed E-state index contributed by atoms with van der Waals surface area (Å²) < 4.78 is 0. The van der Waals surface area contributed by atoms with Gasteiger partial charge in [-0.25, -0.2) is 15.0 Å². The van der Waals surface area contributed by atoms with Crippen LogP contribution in [-0.2, 0) is 0 Å². The summed E-state index contributed by atoms with van der Waals surface area (Å²) in [6.07, 6.45) is 0. The van der Waals surface area contributed by atoms with Gasteiger partial charge in [0.05, 0.1) is 0 Å². The molecule has 0 bridgehead atoms. The van der Waals surface area contributed by atoms with Gasteiger partial charge in [-0.2, -0.15) is 0 Å². The van der Waals surface area contributed by atoms with Crippen molar-refractivity contribution in [1.29, 1.82) is 0 Å². The van der Waals surface area contributed by atoms with E-state index in [4.69, 9.17) is 15.0 Å². The molecule has 0 radical (unpaired) electrons. The largest absolute Gasteiger partial charge is 0.208 e. The van der Waals surface area contributed by atoms with Gasteiger partial charge in [0.25, 0.3) is 0 Å². The number of hydrogen-bond acceptors (Lipinski definition) is 3. The maximum atomic E-state index is 5.26. The van der Waals surface area contributed by atoms with Gasteiger partial charge < -0.3 is 0 Å². The fourth-order valence-electron chi connectivity index (χ4n) is 8.45. The molecule has 0 N–H and O–H groups in total. The number of nitrogens with zero attached hydrogens (tertiary/aromatic N) is 3. The molecule has 0 amide bonds. The Morgan fingerprint density at radius 1 is 0.304 bits per heavy atom. The van der Waals surface area contributed by atoms with Gasteiger partial charge in [-0.15, -0.1) is 0 Å². The Morgan fingerprint density at radius 3 is 1.41 bits per heavy atom. The third-order valence-corrected chi connectivity index (χ3v) is 16.0. The molecular weight excluding hydrogens is 695 g/mol. The van der Waals surface area contributed by atoms with Gasteiger partial charge in [-0.3, -0.25) is 0 Å². The van der Waals surface area contributed by atoms with E-state index in [9.17, 15) is 0 Å². The lowest BCUT2D eigenvalue weighted by Crippen LogP contribution is -2.72. The van der Waals surface area contributed by atoms with Crippen molar-refractivity contribution in [3.8, 4) is 67.5 Å². The summed E-state index contributed by atoms with van der Waals surface area (Å²) in [6, 6.07) is 74.3. The van der Waals surface area contributed by atoms with E-state index in [-0.39, 0.29) is 0 Å². The fourth-order valence-corrected chi connectivity index (χ4v) is 13.6. The summed E-state index contributed by atoms with van der Waals surface area (Å²) >= 11 is 0. The first-order chi connectivity index (χ1) is 27.7. The molecule has 264 valence electrons. The zero-order chi connectivity index (χ0) is 37.5. The van der Waals surface area contributed by atoms with Crippen LogP contribution in [0.15, 0.2) is 206 Å². The summed E-state index contributed by atoms with van der Waals surface area (Å²) in [5.41, 5.74) is 11.3. The van der Waals surface area contributed by atoms with Crippen molar-refractivity contribution in [1.82, 2.24) is 15.0 Å². The Balaban J connectivity index is 1.18. The number of aromatic nitrogens is 3. The molecule has 1 aliphatic rings. The van der Waals surface area contributed by atoms with Gasteiger partial charge in [0.2, 0.25) is 0 Å². The number of rotatable bonds is 7. The third kappa shape index (κ3) is 5.70. The van der Waals surface area contributed by atoms with Crippen molar-refractivity contribution in [2.24, 2.45) is 0 Å². The molecule has 4 heteroatoms. The second-order valence-corrected chi connectivity index (χ2v) is 18.2. The minimum Gasteiger partial charge on any atom is -0.208 e. The second-order valence-electron chi connectivity index (χ2n) is 14.4. The average molecular weight is 732 g/mol. The van der Waals surface area contributed by atoms with Crippen LogP contribution in [0.3, 0.4) is 0 Å². The van der Waals surface area contributed by atoms with Gasteiger partial charge in [0.1, 0.15) is 0 Å². The first kappa shape index (κ1) is 33.5. The number of benzene rings is 8. The van der Waals surface area contributed by atoms with Crippen LogP contribution < -0.4 is 20.7 Å². The van der Waals surface area contributed by atoms with Crippen LogP contribution in [0.1, 0.15) is 5.56 Å². The number of fused-ring (bicyclic) bond motifs is 3. The Bertz CT molecular complexity index is 2840. The average Bonchev–Trinajstić information content (AvgIpc) is 3.58. The molecule has 10 rings (SSSR count). The molecule has 56 heavy (non-hydrogen) atoms. The van der Waals surface area contributed by atoms with Crippen molar-refractivity contribution < 1.29 is 0 Å². The predicted octanol–water partition coefficient (Wildman–Crippen LogP) is 9.87. The molecule has 0 saturated heterocycles. The summed E-state index contributed by atoms with van der Waals surface area (Å²) in [6.45, 7) is 2.17. The second kappa shape index (κ2) is 14.0. The van der Waals surface area contributed by atoms with Crippen LogP contribution in [0.5, 0.6) is 0 Å². The Hall–Kier alpha value is -7.01. The highest BCUT2D eigenvalue weighted by molar-refractivity contribution is 7.22. The predicted molar refractivity (Wildman–Crippen MR) is 234 cm³/mol. The van der Waals surface area contributed by atoms with E-state index >= 15 is 0 Å². The Kier molecular flexibility index (Phi) is 8.39. The maximum absolute atomic E-state index is 5.26. The lowest BCUT2D eigenvalue weighted by Gasteiger charge is -2.31.